The van der Waals surface area contributed by atoms with Crippen molar-refractivity contribution >= 4 is 21.6 Å². The average Bonchev–Trinajstić information content (AvgIpc) is 3.09. The van der Waals surface area contributed by atoms with Gasteiger partial charge in [0.2, 0.25) is 21.7 Å². The van der Waals surface area contributed by atoms with Gasteiger partial charge < -0.3 is 4.52 Å². The second-order valence-corrected chi connectivity index (χ2v) is 7.57. The van der Waals surface area contributed by atoms with Crippen molar-refractivity contribution in [2.75, 3.05) is 0 Å². The minimum atomic E-state index is -4.65. The van der Waals surface area contributed by atoms with Crippen LogP contribution in [0.5, 0.6) is 0 Å². The summed E-state index contributed by atoms with van der Waals surface area (Å²) in [6, 6.07) is 9.98. The van der Waals surface area contributed by atoms with Crippen molar-refractivity contribution in [3.05, 3.63) is 65.0 Å². The number of halogens is 4. The van der Waals surface area contributed by atoms with E-state index in [4.69, 9.17) is 16.1 Å². The van der Waals surface area contributed by atoms with Crippen LogP contribution in [0.1, 0.15) is 11.5 Å². The lowest BCUT2D eigenvalue weighted by molar-refractivity contribution is -0.137. The van der Waals surface area contributed by atoms with Crippen molar-refractivity contribution < 1.29 is 26.1 Å². The van der Waals surface area contributed by atoms with E-state index in [0.29, 0.717) is 16.7 Å². The van der Waals surface area contributed by atoms with Gasteiger partial charge in [-0.3, -0.25) is 0 Å². The first-order valence-corrected chi connectivity index (χ1v) is 9.27. The van der Waals surface area contributed by atoms with Crippen molar-refractivity contribution in [3.63, 3.8) is 0 Å². The molecule has 142 valence electrons. The van der Waals surface area contributed by atoms with E-state index in [0.717, 1.165) is 18.2 Å². The molecule has 6 nitrogen and oxygen atoms in total. The lowest BCUT2D eigenvalue weighted by Crippen LogP contribution is -2.23. The fraction of sp³-hybridized carbons (Fsp3) is 0.125. The molecule has 0 saturated heterocycles. The van der Waals surface area contributed by atoms with Crippen molar-refractivity contribution in [3.8, 4) is 11.4 Å². The van der Waals surface area contributed by atoms with E-state index in [1.165, 1.54) is 0 Å². The first kappa shape index (κ1) is 19.3. The number of hydrogen-bond acceptors (Lipinski definition) is 5. The van der Waals surface area contributed by atoms with E-state index in [1.807, 2.05) is 0 Å². The van der Waals surface area contributed by atoms with Gasteiger partial charge in [0.05, 0.1) is 17.0 Å². The molecule has 1 heterocycles. The monoisotopic (exact) mass is 417 g/mol. The summed E-state index contributed by atoms with van der Waals surface area (Å²) in [7, 11) is -4.20. The van der Waals surface area contributed by atoms with E-state index in [2.05, 4.69) is 14.9 Å². The van der Waals surface area contributed by atoms with Crippen LogP contribution in [-0.2, 0) is 22.7 Å². The quantitative estimate of drug-likeness (QED) is 0.680. The topological polar surface area (TPSA) is 85.1 Å². The largest absolute Gasteiger partial charge is 0.416 e. The van der Waals surface area contributed by atoms with Crippen LogP contribution < -0.4 is 4.72 Å². The highest BCUT2D eigenvalue weighted by Crippen LogP contribution is 2.30. The van der Waals surface area contributed by atoms with E-state index in [-0.39, 0.29) is 18.3 Å². The second kappa shape index (κ2) is 7.29. The van der Waals surface area contributed by atoms with Gasteiger partial charge in [0.1, 0.15) is 0 Å². The summed E-state index contributed by atoms with van der Waals surface area (Å²) in [4.78, 5) is 3.52. The molecule has 0 spiro atoms. The Kier molecular flexibility index (Phi) is 5.22. The number of hydrogen-bond donors (Lipinski definition) is 1. The molecule has 3 aromatic rings. The number of aromatic nitrogens is 2. The fourth-order valence-electron chi connectivity index (χ4n) is 2.12. The molecule has 11 heteroatoms. The average molecular weight is 418 g/mol. The molecule has 2 aromatic carbocycles. The Labute approximate surface area is 157 Å². The van der Waals surface area contributed by atoms with Gasteiger partial charge in [0.25, 0.3) is 0 Å². The second-order valence-electron chi connectivity index (χ2n) is 5.37. The van der Waals surface area contributed by atoms with Gasteiger partial charge in [-0.05, 0) is 42.5 Å². The molecule has 27 heavy (non-hydrogen) atoms. The molecule has 0 aliphatic carbocycles. The van der Waals surface area contributed by atoms with Crippen molar-refractivity contribution in [2.45, 2.75) is 17.6 Å². The SMILES string of the molecule is O=S(=O)(NCc1nc(-c2ccc(Cl)cc2)no1)c1cccc(C(F)(F)F)c1. The standard InChI is InChI=1S/C16H11ClF3N3O3S/c17-12-6-4-10(5-7-12)15-22-14(26-23-15)9-21-27(24,25)13-3-1-2-11(8-13)16(18,19)20/h1-8,21H,9H2. The molecule has 0 aliphatic heterocycles. The van der Waals surface area contributed by atoms with Crippen LogP contribution in [0.15, 0.2) is 57.9 Å². The molecular weight excluding hydrogens is 407 g/mol. The smallest absolute Gasteiger partial charge is 0.338 e. The van der Waals surface area contributed by atoms with Gasteiger partial charge in [0, 0.05) is 10.6 Å². The maximum Gasteiger partial charge on any atom is 0.416 e. The third-order valence-corrected chi connectivity index (χ3v) is 5.11. The maximum atomic E-state index is 12.7. The molecule has 0 amide bonds. The third kappa shape index (κ3) is 4.65. The minimum Gasteiger partial charge on any atom is -0.338 e. The summed E-state index contributed by atoms with van der Waals surface area (Å²) < 4.78 is 69.7. The van der Waals surface area contributed by atoms with Gasteiger partial charge >= 0.3 is 6.18 Å². The predicted octanol–water partition coefficient (Wildman–Crippen LogP) is 3.89. The first-order chi connectivity index (χ1) is 12.6. The molecular formula is C16H11ClF3N3O3S. The van der Waals surface area contributed by atoms with E-state index in [1.54, 1.807) is 24.3 Å². The number of nitrogens with one attached hydrogen (secondary N) is 1. The normalized spacial score (nSPS) is 12.3. The highest BCUT2D eigenvalue weighted by atomic mass is 35.5. The van der Waals surface area contributed by atoms with Crippen LogP contribution in [0.4, 0.5) is 13.2 Å². The van der Waals surface area contributed by atoms with Gasteiger partial charge in [-0.1, -0.05) is 22.8 Å². The van der Waals surface area contributed by atoms with Gasteiger partial charge in [0.15, 0.2) is 0 Å². The molecule has 0 aliphatic rings. The molecule has 3 rings (SSSR count). The Morgan fingerprint density at radius 3 is 2.48 bits per heavy atom. The first-order valence-electron chi connectivity index (χ1n) is 7.40. The van der Waals surface area contributed by atoms with Crippen LogP contribution >= 0.6 is 11.6 Å². The highest BCUT2D eigenvalue weighted by molar-refractivity contribution is 7.89. The lowest BCUT2D eigenvalue weighted by atomic mass is 10.2. The van der Waals surface area contributed by atoms with Crippen molar-refractivity contribution in [2.24, 2.45) is 0 Å². The molecule has 1 N–H and O–H groups in total. The third-order valence-electron chi connectivity index (χ3n) is 3.46. The molecule has 0 atom stereocenters. The molecule has 1 aromatic heterocycles. The number of benzene rings is 2. The number of nitrogens with zero attached hydrogens (tertiary/aromatic N) is 2. The zero-order valence-electron chi connectivity index (χ0n) is 13.4. The summed E-state index contributed by atoms with van der Waals surface area (Å²) in [5, 5.41) is 4.25. The van der Waals surface area contributed by atoms with Crippen molar-refractivity contribution in [1.82, 2.24) is 14.9 Å². The fourth-order valence-corrected chi connectivity index (χ4v) is 3.27. The highest BCUT2D eigenvalue weighted by Gasteiger charge is 2.31. The van der Waals surface area contributed by atoms with Crippen LogP contribution in [0.2, 0.25) is 5.02 Å². The van der Waals surface area contributed by atoms with Crippen LogP contribution in [0, 0.1) is 0 Å². The molecule has 0 saturated carbocycles. The Hall–Kier alpha value is -2.43. The maximum absolute atomic E-state index is 12.7. The Morgan fingerprint density at radius 1 is 1.11 bits per heavy atom. The summed E-state index contributed by atoms with van der Waals surface area (Å²) in [6.45, 7) is -0.376. The van der Waals surface area contributed by atoms with E-state index in [9.17, 15) is 21.6 Å². The zero-order chi connectivity index (χ0) is 19.7. The Balaban J connectivity index is 1.74. The molecule has 0 fully saturated rings. The van der Waals surface area contributed by atoms with Gasteiger partial charge in [-0.25, -0.2) is 13.1 Å². The Morgan fingerprint density at radius 2 is 1.81 bits per heavy atom. The summed E-state index contributed by atoms with van der Waals surface area (Å²) >= 11 is 5.79. The van der Waals surface area contributed by atoms with Crippen LogP contribution in [-0.4, -0.2) is 18.6 Å². The Bertz CT molecular complexity index is 1050. The van der Waals surface area contributed by atoms with E-state index >= 15 is 0 Å². The molecule has 0 unspecified atom stereocenters. The lowest BCUT2D eigenvalue weighted by Gasteiger charge is -2.09. The number of sulfonamides is 1. The van der Waals surface area contributed by atoms with Gasteiger partial charge in [-0.2, -0.15) is 18.2 Å². The number of rotatable bonds is 5. The molecule has 0 bridgehead atoms. The number of alkyl halides is 3. The summed E-state index contributed by atoms with van der Waals surface area (Å²) in [5.41, 5.74) is -0.455. The minimum absolute atomic E-state index is 0.0458. The zero-order valence-corrected chi connectivity index (χ0v) is 14.9. The predicted molar refractivity (Wildman–Crippen MR) is 90.2 cm³/mol. The summed E-state index contributed by atoms with van der Waals surface area (Å²) in [6.07, 6.45) is -4.65. The van der Waals surface area contributed by atoms with Crippen molar-refractivity contribution in [1.29, 1.82) is 0 Å². The summed E-state index contributed by atoms with van der Waals surface area (Å²) in [5.74, 6) is 0.176. The van der Waals surface area contributed by atoms with Crippen LogP contribution in [0.3, 0.4) is 0 Å². The van der Waals surface area contributed by atoms with Crippen LogP contribution in [0.25, 0.3) is 11.4 Å². The van der Waals surface area contributed by atoms with E-state index < -0.39 is 26.7 Å². The van der Waals surface area contributed by atoms with Gasteiger partial charge in [-0.15, -0.1) is 0 Å². The molecule has 0 radical (unpaired) electrons.